The first-order chi connectivity index (χ1) is 8.58. The number of nitrogens with two attached hydrogens (primary N) is 1. The van der Waals surface area contributed by atoms with Crippen LogP contribution >= 0.6 is 11.6 Å². The Morgan fingerprint density at radius 2 is 1.89 bits per heavy atom. The number of aryl methyl sites for hydroxylation is 3. The van der Waals surface area contributed by atoms with Gasteiger partial charge in [0.2, 0.25) is 0 Å². The van der Waals surface area contributed by atoms with Crippen molar-refractivity contribution in [2.75, 3.05) is 5.73 Å². The molecule has 2 N–H and O–H groups in total. The fraction of sp³-hybridized carbons (Fsp3) is 0.357. The van der Waals surface area contributed by atoms with Gasteiger partial charge < -0.3 is 5.73 Å². The molecule has 96 valence electrons. The molecule has 0 aliphatic heterocycles. The summed E-state index contributed by atoms with van der Waals surface area (Å²) in [5.41, 5.74) is 9.72. The van der Waals surface area contributed by atoms with Crippen LogP contribution in [0.5, 0.6) is 0 Å². The van der Waals surface area contributed by atoms with Crippen LogP contribution in [0.4, 0.5) is 5.69 Å². The van der Waals surface area contributed by atoms with Crippen LogP contribution in [-0.2, 0) is 13.0 Å². The van der Waals surface area contributed by atoms with Crippen LogP contribution in [0.1, 0.15) is 23.4 Å². The van der Waals surface area contributed by atoms with Crippen LogP contribution in [0, 0.1) is 13.8 Å². The zero-order chi connectivity index (χ0) is 13.1. The van der Waals surface area contributed by atoms with Crippen molar-refractivity contribution in [2.45, 2.75) is 33.2 Å². The van der Waals surface area contributed by atoms with E-state index in [1.165, 1.54) is 5.56 Å². The molecule has 18 heavy (non-hydrogen) atoms. The summed E-state index contributed by atoms with van der Waals surface area (Å²) in [5, 5.41) is 5.20. The molecule has 0 spiro atoms. The molecule has 3 nitrogen and oxygen atoms in total. The lowest BCUT2D eigenvalue weighted by Gasteiger charge is -2.05. The summed E-state index contributed by atoms with van der Waals surface area (Å²) in [5.74, 6) is 0. The Bertz CT molecular complexity index is 529. The molecule has 0 aliphatic carbocycles. The van der Waals surface area contributed by atoms with E-state index in [9.17, 15) is 0 Å². The normalized spacial score (nSPS) is 10.8. The first-order valence-corrected chi connectivity index (χ1v) is 6.49. The average molecular weight is 264 g/mol. The molecule has 0 saturated carbocycles. The molecule has 4 heteroatoms. The summed E-state index contributed by atoms with van der Waals surface area (Å²) in [4.78, 5) is 0. The highest BCUT2D eigenvalue weighted by molar-refractivity contribution is 6.31. The number of benzene rings is 1. The maximum atomic E-state index is 6.11. The summed E-state index contributed by atoms with van der Waals surface area (Å²) in [6, 6.07) is 8.03. The van der Waals surface area contributed by atoms with Gasteiger partial charge in [-0.05, 0) is 44.4 Å². The van der Waals surface area contributed by atoms with Crippen LogP contribution in [0.25, 0.3) is 0 Å². The third-order valence-corrected chi connectivity index (χ3v) is 3.66. The van der Waals surface area contributed by atoms with E-state index in [2.05, 4.69) is 17.2 Å². The molecule has 1 aromatic carbocycles. The van der Waals surface area contributed by atoms with Crippen molar-refractivity contribution in [1.82, 2.24) is 9.78 Å². The van der Waals surface area contributed by atoms with Gasteiger partial charge in [0.15, 0.2) is 0 Å². The van der Waals surface area contributed by atoms with Crippen LogP contribution in [0.3, 0.4) is 0 Å². The van der Waals surface area contributed by atoms with Gasteiger partial charge in [-0.1, -0.05) is 23.7 Å². The first kappa shape index (κ1) is 13.0. The minimum absolute atomic E-state index is 0.780. The van der Waals surface area contributed by atoms with E-state index in [1.807, 2.05) is 30.7 Å². The highest BCUT2D eigenvalue weighted by Gasteiger charge is 2.08. The SMILES string of the molecule is Cc1nn(CCCc2ccc(N)cc2)c(C)c1Cl. The monoisotopic (exact) mass is 263 g/mol. The highest BCUT2D eigenvalue weighted by Crippen LogP contribution is 2.19. The molecule has 1 heterocycles. The molecule has 0 atom stereocenters. The molecule has 2 aromatic rings. The Hall–Kier alpha value is -1.48. The van der Waals surface area contributed by atoms with E-state index < -0.39 is 0 Å². The largest absolute Gasteiger partial charge is 0.399 e. The van der Waals surface area contributed by atoms with Crippen molar-refractivity contribution in [3.8, 4) is 0 Å². The second-order valence-electron chi connectivity index (χ2n) is 4.55. The fourth-order valence-electron chi connectivity index (χ4n) is 2.01. The van der Waals surface area contributed by atoms with Crippen molar-refractivity contribution in [2.24, 2.45) is 0 Å². The van der Waals surface area contributed by atoms with Crippen LogP contribution < -0.4 is 5.73 Å². The van der Waals surface area contributed by atoms with E-state index in [4.69, 9.17) is 17.3 Å². The number of halogens is 1. The molecule has 0 bridgehead atoms. The van der Waals surface area contributed by atoms with E-state index in [0.29, 0.717) is 0 Å². The predicted molar refractivity (Wildman–Crippen MR) is 75.9 cm³/mol. The summed E-state index contributed by atoms with van der Waals surface area (Å²) in [6.07, 6.45) is 2.07. The quantitative estimate of drug-likeness (QED) is 0.860. The number of hydrogen-bond donors (Lipinski definition) is 1. The van der Waals surface area contributed by atoms with Crippen LogP contribution in [-0.4, -0.2) is 9.78 Å². The molecular weight excluding hydrogens is 246 g/mol. The lowest BCUT2D eigenvalue weighted by atomic mass is 10.1. The van der Waals surface area contributed by atoms with Gasteiger partial charge in [-0.3, -0.25) is 4.68 Å². The lowest BCUT2D eigenvalue weighted by molar-refractivity contribution is 0.562. The van der Waals surface area contributed by atoms with Gasteiger partial charge in [0.1, 0.15) is 0 Å². The Morgan fingerprint density at radius 3 is 2.44 bits per heavy atom. The van der Waals surface area contributed by atoms with Gasteiger partial charge in [0.05, 0.1) is 16.4 Å². The summed E-state index contributed by atoms with van der Waals surface area (Å²) in [7, 11) is 0. The summed E-state index contributed by atoms with van der Waals surface area (Å²) >= 11 is 6.11. The number of nitrogen functional groups attached to an aromatic ring is 1. The van der Waals surface area contributed by atoms with Crippen LogP contribution in [0.2, 0.25) is 5.02 Å². The van der Waals surface area contributed by atoms with Gasteiger partial charge in [-0.2, -0.15) is 5.10 Å². The summed E-state index contributed by atoms with van der Waals surface area (Å²) < 4.78 is 1.98. The zero-order valence-corrected chi connectivity index (χ0v) is 11.5. The lowest BCUT2D eigenvalue weighted by Crippen LogP contribution is -2.03. The fourth-order valence-corrected chi connectivity index (χ4v) is 2.15. The molecule has 0 amide bonds. The molecule has 0 radical (unpaired) electrons. The standard InChI is InChI=1S/C14H18ClN3/c1-10-14(15)11(2)18(17-10)9-3-4-12-5-7-13(16)8-6-12/h5-8H,3-4,9,16H2,1-2H3. The molecule has 0 unspecified atom stereocenters. The molecule has 2 rings (SSSR count). The van der Waals surface area contributed by atoms with E-state index in [0.717, 1.165) is 41.5 Å². The van der Waals surface area contributed by atoms with Crippen molar-refractivity contribution in [3.05, 3.63) is 46.2 Å². The molecule has 1 aromatic heterocycles. The zero-order valence-electron chi connectivity index (χ0n) is 10.8. The van der Waals surface area contributed by atoms with E-state index >= 15 is 0 Å². The Balaban J connectivity index is 1.92. The molecule has 0 saturated heterocycles. The molecule has 0 aliphatic rings. The number of anilines is 1. The van der Waals surface area contributed by atoms with E-state index in [-0.39, 0.29) is 0 Å². The predicted octanol–water partition coefficient (Wildman–Crippen LogP) is 3.37. The molecule has 0 fully saturated rings. The topological polar surface area (TPSA) is 43.8 Å². The minimum atomic E-state index is 0.780. The number of nitrogens with zero attached hydrogens (tertiary/aromatic N) is 2. The Labute approximate surface area is 113 Å². The Morgan fingerprint density at radius 1 is 1.22 bits per heavy atom. The van der Waals surface area contributed by atoms with Gasteiger partial charge in [0.25, 0.3) is 0 Å². The van der Waals surface area contributed by atoms with Gasteiger partial charge in [-0.15, -0.1) is 0 Å². The van der Waals surface area contributed by atoms with Crippen molar-refractivity contribution >= 4 is 17.3 Å². The number of aromatic nitrogens is 2. The third kappa shape index (κ3) is 2.85. The number of hydrogen-bond acceptors (Lipinski definition) is 2. The maximum absolute atomic E-state index is 6.11. The average Bonchev–Trinajstić information content (AvgIpc) is 2.60. The second kappa shape index (κ2) is 5.44. The minimum Gasteiger partial charge on any atom is -0.399 e. The van der Waals surface area contributed by atoms with Crippen LogP contribution in [0.15, 0.2) is 24.3 Å². The van der Waals surface area contributed by atoms with Gasteiger partial charge in [-0.25, -0.2) is 0 Å². The highest BCUT2D eigenvalue weighted by atomic mass is 35.5. The third-order valence-electron chi connectivity index (χ3n) is 3.11. The molecular formula is C14H18ClN3. The van der Waals surface area contributed by atoms with Gasteiger partial charge in [0, 0.05) is 12.2 Å². The second-order valence-corrected chi connectivity index (χ2v) is 4.93. The van der Waals surface area contributed by atoms with Gasteiger partial charge >= 0.3 is 0 Å². The van der Waals surface area contributed by atoms with Crippen molar-refractivity contribution < 1.29 is 0 Å². The smallest absolute Gasteiger partial charge is 0.0844 e. The maximum Gasteiger partial charge on any atom is 0.0844 e. The first-order valence-electron chi connectivity index (χ1n) is 6.12. The van der Waals surface area contributed by atoms with E-state index in [1.54, 1.807) is 0 Å². The van der Waals surface area contributed by atoms with Crippen molar-refractivity contribution in [1.29, 1.82) is 0 Å². The Kier molecular flexibility index (Phi) is 3.92. The summed E-state index contributed by atoms with van der Waals surface area (Å²) in [6.45, 7) is 4.83. The van der Waals surface area contributed by atoms with Crippen molar-refractivity contribution in [3.63, 3.8) is 0 Å². The number of rotatable bonds is 4.